The minimum absolute atomic E-state index is 0.00234. The number of rotatable bonds is 7. The summed E-state index contributed by atoms with van der Waals surface area (Å²) in [6.07, 6.45) is 4.44. The molecule has 10 heteroatoms. The van der Waals surface area contributed by atoms with Crippen molar-refractivity contribution in [1.82, 2.24) is 25.2 Å². The minimum Gasteiger partial charge on any atom is -0.486 e. The predicted molar refractivity (Wildman–Crippen MR) is 128 cm³/mol. The zero-order valence-corrected chi connectivity index (χ0v) is 19.8. The Hall–Kier alpha value is -2.72. The SMILES string of the molecule is COc1ccc2ncc(Cl)c(CCN3CC[C@@H](NCc4cc5c(cn4)OCCO5)[C@H](O)C3)c2n1. The van der Waals surface area contributed by atoms with Crippen molar-refractivity contribution in [2.24, 2.45) is 0 Å². The van der Waals surface area contributed by atoms with Gasteiger partial charge in [-0.25, -0.2) is 4.98 Å². The quantitative estimate of drug-likeness (QED) is 0.521. The number of β-amino-alcohol motifs (C(OH)–C–C–N with tert-alkyl or cyclic N) is 1. The number of fused-ring (bicyclic) bond motifs is 2. The van der Waals surface area contributed by atoms with E-state index in [0.29, 0.717) is 49.4 Å². The molecule has 0 radical (unpaired) electrons. The molecule has 0 bridgehead atoms. The van der Waals surface area contributed by atoms with Gasteiger partial charge in [-0.3, -0.25) is 9.97 Å². The second kappa shape index (κ2) is 10.3. The Morgan fingerprint density at radius 1 is 1.21 bits per heavy atom. The summed E-state index contributed by atoms with van der Waals surface area (Å²) in [4.78, 5) is 15.6. The van der Waals surface area contributed by atoms with Gasteiger partial charge in [0.1, 0.15) is 13.2 Å². The van der Waals surface area contributed by atoms with Crippen molar-refractivity contribution >= 4 is 22.6 Å². The van der Waals surface area contributed by atoms with E-state index in [4.69, 9.17) is 25.8 Å². The van der Waals surface area contributed by atoms with Gasteiger partial charge < -0.3 is 29.5 Å². The first kappa shape index (κ1) is 23.0. The lowest BCUT2D eigenvalue weighted by molar-refractivity contribution is 0.0403. The largest absolute Gasteiger partial charge is 0.486 e. The third-order valence-electron chi connectivity index (χ3n) is 6.32. The van der Waals surface area contributed by atoms with Crippen LogP contribution in [0.1, 0.15) is 17.7 Å². The summed E-state index contributed by atoms with van der Waals surface area (Å²) in [5.41, 5.74) is 3.36. The van der Waals surface area contributed by atoms with E-state index in [-0.39, 0.29) is 6.04 Å². The summed E-state index contributed by atoms with van der Waals surface area (Å²) in [5, 5.41) is 14.8. The Morgan fingerprint density at radius 2 is 2.06 bits per heavy atom. The number of methoxy groups -OCH3 is 1. The highest BCUT2D eigenvalue weighted by atomic mass is 35.5. The number of pyridine rings is 3. The monoisotopic (exact) mass is 485 g/mol. The van der Waals surface area contributed by atoms with Gasteiger partial charge in [-0.1, -0.05) is 11.6 Å². The topological polar surface area (TPSA) is 102 Å². The highest BCUT2D eigenvalue weighted by Gasteiger charge is 2.27. The molecule has 2 atom stereocenters. The molecule has 2 aliphatic heterocycles. The van der Waals surface area contributed by atoms with E-state index < -0.39 is 6.10 Å². The fourth-order valence-corrected chi connectivity index (χ4v) is 4.69. The normalized spacial score (nSPS) is 20.4. The molecule has 3 aromatic rings. The number of halogens is 1. The molecule has 0 amide bonds. The average molecular weight is 486 g/mol. The Labute approximate surface area is 203 Å². The van der Waals surface area contributed by atoms with Crippen molar-refractivity contribution in [2.45, 2.75) is 31.5 Å². The standard InChI is InChI=1S/C24H28ClN5O4/c1-32-23-3-2-19-24(29-23)16(17(25)12-28-19)4-6-30-7-5-18(20(31)14-30)27-11-15-10-21-22(13-26-15)34-9-8-33-21/h2-3,10,12-13,18,20,27,31H,4-9,11,14H2,1H3/t18-,20-/m1/s1. The Kier molecular flexibility index (Phi) is 6.96. The molecule has 0 saturated carbocycles. The number of hydrogen-bond donors (Lipinski definition) is 2. The van der Waals surface area contributed by atoms with Gasteiger partial charge in [-0.15, -0.1) is 0 Å². The lowest BCUT2D eigenvalue weighted by atomic mass is 10.0. The van der Waals surface area contributed by atoms with Gasteiger partial charge >= 0.3 is 0 Å². The van der Waals surface area contributed by atoms with Crippen LogP contribution in [0.2, 0.25) is 5.02 Å². The van der Waals surface area contributed by atoms with E-state index in [1.807, 2.05) is 12.1 Å². The van der Waals surface area contributed by atoms with Crippen LogP contribution in [0.5, 0.6) is 17.4 Å². The van der Waals surface area contributed by atoms with Crippen LogP contribution in [0.4, 0.5) is 0 Å². The van der Waals surface area contributed by atoms with Crippen molar-refractivity contribution in [2.75, 3.05) is 40.0 Å². The molecule has 2 aliphatic rings. The zero-order valence-electron chi connectivity index (χ0n) is 19.0. The molecule has 0 unspecified atom stereocenters. The molecule has 9 nitrogen and oxygen atoms in total. The summed E-state index contributed by atoms with van der Waals surface area (Å²) >= 11 is 6.47. The Morgan fingerprint density at radius 3 is 2.88 bits per heavy atom. The van der Waals surface area contributed by atoms with Gasteiger partial charge in [0.05, 0.1) is 41.2 Å². The number of hydrogen-bond acceptors (Lipinski definition) is 9. The van der Waals surface area contributed by atoms with Crippen molar-refractivity contribution < 1.29 is 19.3 Å². The predicted octanol–water partition coefficient (Wildman–Crippen LogP) is 2.23. The first-order chi connectivity index (χ1) is 16.6. The summed E-state index contributed by atoms with van der Waals surface area (Å²) in [7, 11) is 1.59. The molecular weight excluding hydrogens is 458 g/mol. The number of aromatic nitrogens is 3. The minimum atomic E-state index is -0.478. The van der Waals surface area contributed by atoms with E-state index in [1.165, 1.54) is 0 Å². The molecule has 180 valence electrons. The van der Waals surface area contributed by atoms with Crippen LogP contribution in [0.3, 0.4) is 0 Å². The lowest BCUT2D eigenvalue weighted by Crippen LogP contribution is -2.52. The van der Waals surface area contributed by atoms with Gasteiger partial charge in [0.25, 0.3) is 0 Å². The molecule has 1 fully saturated rings. The first-order valence-corrected chi connectivity index (χ1v) is 11.8. The number of aliphatic hydroxyl groups excluding tert-OH is 1. The molecule has 0 aromatic carbocycles. The maximum Gasteiger partial charge on any atom is 0.213 e. The molecule has 5 rings (SSSR count). The lowest BCUT2D eigenvalue weighted by Gasteiger charge is -2.36. The van der Waals surface area contributed by atoms with Crippen molar-refractivity contribution in [3.05, 3.63) is 46.9 Å². The van der Waals surface area contributed by atoms with Crippen LogP contribution in [-0.4, -0.2) is 77.1 Å². The molecule has 0 spiro atoms. The summed E-state index contributed by atoms with van der Waals surface area (Å²) in [6.45, 7) is 3.89. The van der Waals surface area contributed by atoms with Gasteiger partial charge in [-0.2, -0.15) is 0 Å². The zero-order chi connectivity index (χ0) is 23.5. The summed E-state index contributed by atoms with van der Waals surface area (Å²) < 4.78 is 16.4. The van der Waals surface area contributed by atoms with Crippen LogP contribution in [0, 0.1) is 0 Å². The molecular formula is C24H28ClN5O4. The molecule has 5 heterocycles. The van der Waals surface area contributed by atoms with Crippen LogP contribution >= 0.6 is 11.6 Å². The van der Waals surface area contributed by atoms with Crippen molar-refractivity contribution in [3.63, 3.8) is 0 Å². The third kappa shape index (κ3) is 5.02. The fraction of sp³-hybridized carbons (Fsp3) is 0.458. The van der Waals surface area contributed by atoms with E-state index in [1.54, 1.807) is 25.6 Å². The van der Waals surface area contributed by atoms with Gasteiger partial charge in [0.15, 0.2) is 11.5 Å². The van der Waals surface area contributed by atoms with Gasteiger partial charge in [0, 0.05) is 49.6 Å². The van der Waals surface area contributed by atoms with Crippen LogP contribution in [-0.2, 0) is 13.0 Å². The number of nitrogens with zero attached hydrogens (tertiary/aromatic N) is 4. The second-order valence-corrected chi connectivity index (χ2v) is 8.93. The number of piperidine rings is 1. The van der Waals surface area contributed by atoms with E-state index in [2.05, 4.69) is 25.2 Å². The van der Waals surface area contributed by atoms with Crippen molar-refractivity contribution in [1.29, 1.82) is 0 Å². The van der Waals surface area contributed by atoms with Crippen LogP contribution in [0.15, 0.2) is 30.6 Å². The molecule has 0 aliphatic carbocycles. The number of likely N-dealkylation sites (tertiary alicyclic amines) is 1. The highest BCUT2D eigenvalue weighted by molar-refractivity contribution is 6.32. The number of aliphatic hydroxyl groups is 1. The highest BCUT2D eigenvalue weighted by Crippen LogP contribution is 2.29. The second-order valence-electron chi connectivity index (χ2n) is 8.52. The van der Waals surface area contributed by atoms with Crippen LogP contribution in [0.25, 0.3) is 11.0 Å². The maximum absolute atomic E-state index is 10.8. The average Bonchev–Trinajstić information content (AvgIpc) is 2.87. The fourth-order valence-electron chi connectivity index (χ4n) is 4.46. The molecule has 2 N–H and O–H groups in total. The maximum atomic E-state index is 10.8. The van der Waals surface area contributed by atoms with E-state index in [9.17, 15) is 5.11 Å². The van der Waals surface area contributed by atoms with Gasteiger partial charge in [-0.05, 0) is 25.5 Å². The van der Waals surface area contributed by atoms with Crippen molar-refractivity contribution in [3.8, 4) is 17.4 Å². The van der Waals surface area contributed by atoms with Crippen LogP contribution < -0.4 is 19.5 Å². The summed E-state index contributed by atoms with van der Waals surface area (Å²) in [5.74, 6) is 1.94. The number of nitrogens with one attached hydrogen (secondary N) is 1. The molecule has 3 aromatic heterocycles. The summed E-state index contributed by atoms with van der Waals surface area (Å²) in [6, 6.07) is 5.58. The smallest absolute Gasteiger partial charge is 0.213 e. The molecule has 1 saturated heterocycles. The Bertz CT molecular complexity index is 1160. The van der Waals surface area contributed by atoms with E-state index in [0.717, 1.165) is 47.6 Å². The third-order valence-corrected chi connectivity index (χ3v) is 6.65. The molecule has 34 heavy (non-hydrogen) atoms. The van der Waals surface area contributed by atoms with E-state index >= 15 is 0 Å². The first-order valence-electron chi connectivity index (χ1n) is 11.5. The number of ether oxygens (including phenoxy) is 3. The van der Waals surface area contributed by atoms with Gasteiger partial charge in [0.2, 0.25) is 5.88 Å². The Balaban J connectivity index is 1.16.